The number of carbonyl (C=O) groups is 1. The maximum Gasteiger partial charge on any atom is 0.319 e. The molecular weight excluding hydrogens is 515 g/mol. The van der Waals surface area contributed by atoms with E-state index in [1.807, 2.05) is 30.0 Å². The topological polar surface area (TPSA) is 103 Å². The van der Waals surface area contributed by atoms with Crippen LogP contribution in [0.15, 0.2) is 43.0 Å². The van der Waals surface area contributed by atoms with Gasteiger partial charge in [-0.05, 0) is 25.1 Å². The average molecular weight is 541 g/mol. The monoisotopic (exact) mass is 540 g/mol. The van der Waals surface area contributed by atoms with E-state index >= 15 is 0 Å². The van der Waals surface area contributed by atoms with Gasteiger partial charge in [0, 0.05) is 81.6 Å². The lowest BCUT2D eigenvalue weighted by atomic mass is 10.1. The minimum absolute atomic E-state index is 0.0195. The Labute approximate surface area is 224 Å². The van der Waals surface area contributed by atoms with E-state index in [1.165, 1.54) is 0 Å². The molecule has 0 saturated carbocycles. The summed E-state index contributed by atoms with van der Waals surface area (Å²) in [5.41, 5.74) is 3.05. The molecule has 192 valence electrons. The highest BCUT2D eigenvalue weighted by molar-refractivity contribution is 6.35. The van der Waals surface area contributed by atoms with Gasteiger partial charge in [-0.3, -0.25) is 10.1 Å². The van der Waals surface area contributed by atoms with Gasteiger partial charge in [-0.15, -0.1) is 0 Å². The van der Waals surface area contributed by atoms with E-state index in [0.717, 1.165) is 22.2 Å². The van der Waals surface area contributed by atoms with Crippen molar-refractivity contribution >= 4 is 46.1 Å². The van der Waals surface area contributed by atoms with Crippen LogP contribution in [0.3, 0.4) is 0 Å². The first-order chi connectivity index (χ1) is 17.8. The smallest absolute Gasteiger partial charge is 0.319 e. The third-order valence-electron chi connectivity index (χ3n) is 6.27. The molecule has 10 nitrogen and oxygen atoms in total. The second-order valence-electron chi connectivity index (χ2n) is 8.98. The molecule has 2 amide bonds. The van der Waals surface area contributed by atoms with Crippen molar-refractivity contribution in [1.82, 2.24) is 34.9 Å². The molecule has 1 saturated heterocycles. The quantitative estimate of drug-likeness (QED) is 0.392. The summed E-state index contributed by atoms with van der Waals surface area (Å²) in [5, 5.41) is 9.33. The number of hydrogen-bond acceptors (Lipinski definition) is 7. The number of fused-ring (bicyclic) bond motifs is 1. The van der Waals surface area contributed by atoms with Crippen molar-refractivity contribution in [2.24, 2.45) is 0 Å². The molecular formula is C25H26Cl2N8O2. The van der Waals surface area contributed by atoms with Crippen molar-refractivity contribution < 1.29 is 9.53 Å². The van der Waals surface area contributed by atoms with Gasteiger partial charge in [0.2, 0.25) is 5.95 Å². The highest BCUT2D eigenvalue weighted by Gasteiger charge is 2.24. The number of nitrogens with one attached hydrogen (secondary N) is 1. The Hall–Kier alpha value is -3.63. The van der Waals surface area contributed by atoms with Gasteiger partial charge in [0.15, 0.2) is 0 Å². The van der Waals surface area contributed by atoms with E-state index < -0.39 is 0 Å². The van der Waals surface area contributed by atoms with Crippen molar-refractivity contribution in [3.63, 3.8) is 0 Å². The van der Waals surface area contributed by atoms with E-state index in [4.69, 9.17) is 27.9 Å². The SMILES string of the molecule is CC(Oc1ccc2[nH]nc(-c3cnc(N4CCN(C(=O)N(C)C)CC4)nc3)c2c1)c1c(Cl)cncc1Cl. The van der Waals surface area contributed by atoms with Crippen LogP contribution >= 0.6 is 23.2 Å². The van der Waals surface area contributed by atoms with Gasteiger partial charge in [0.1, 0.15) is 17.5 Å². The standard InChI is InChI=1S/C25H26Cl2N8O2/c1-15(22-19(26)13-28-14-20(22)27)37-17-4-5-21-18(10-17)23(32-31-21)16-11-29-24(30-12-16)34-6-8-35(9-7-34)25(36)33(2)3/h4-5,10-15H,6-9H2,1-3H3,(H,31,32). The van der Waals surface area contributed by atoms with Crippen LogP contribution in [0.1, 0.15) is 18.6 Å². The van der Waals surface area contributed by atoms with Gasteiger partial charge < -0.3 is 19.4 Å². The third-order valence-corrected chi connectivity index (χ3v) is 6.87. The summed E-state index contributed by atoms with van der Waals surface area (Å²) in [7, 11) is 3.52. The molecule has 0 bridgehead atoms. The molecule has 12 heteroatoms. The van der Waals surface area contributed by atoms with E-state index in [9.17, 15) is 4.79 Å². The van der Waals surface area contributed by atoms with Gasteiger partial charge >= 0.3 is 6.03 Å². The van der Waals surface area contributed by atoms with Gasteiger partial charge in [-0.25, -0.2) is 14.8 Å². The normalized spacial score (nSPS) is 14.6. The summed E-state index contributed by atoms with van der Waals surface area (Å²) < 4.78 is 6.16. The zero-order valence-electron chi connectivity index (χ0n) is 20.7. The predicted octanol–water partition coefficient (Wildman–Crippen LogP) is 4.67. The van der Waals surface area contributed by atoms with Gasteiger partial charge in [0.05, 0.1) is 15.6 Å². The van der Waals surface area contributed by atoms with E-state index in [0.29, 0.717) is 53.5 Å². The lowest BCUT2D eigenvalue weighted by Gasteiger charge is -2.35. The van der Waals surface area contributed by atoms with Crippen LogP contribution in [0.25, 0.3) is 22.2 Å². The lowest BCUT2D eigenvalue weighted by molar-refractivity contribution is 0.167. The zero-order valence-corrected chi connectivity index (χ0v) is 22.2. The number of hydrogen-bond donors (Lipinski definition) is 1. The molecule has 0 radical (unpaired) electrons. The number of pyridine rings is 1. The Morgan fingerprint density at radius 2 is 1.73 bits per heavy atom. The van der Waals surface area contributed by atoms with Crippen molar-refractivity contribution in [3.8, 4) is 17.0 Å². The molecule has 3 aromatic heterocycles. The van der Waals surface area contributed by atoms with Gasteiger partial charge in [0.25, 0.3) is 0 Å². The van der Waals surface area contributed by atoms with Crippen LogP contribution in [-0.4, -0.2) is 81.3 Å². The van der Waals surface area contributed by atoms with Crippen molar-refractivity contribution in [2.45, 2.75) is 13.0 Å². The predicted molar refractivity (Wildman–Crippen MR) is 143 cm³/mol. The number of H-pyrrole nitrogens is 1. The molecule has 37 heavy (non-hydrogen) atoms. The molecule has 4 heterocycles. The number of nitrogens with zero attached hydrogens (tertiary/aromatic N) is 7. The van der Waals surface area contributed by atoms with Crippen LogP contribution in [-0.2, 0) is 0 Å². The second kappa shape index (κ2) is 10.4. The number of anilines is 1. The first kappa shape index (κ1) is 25.0. The molecule has 1 aliphatic rings. The number of rotatable bonds is 5. The number of halogens is 2. The molecule has 4 aromatic rings. The zero-order chi connectivity index (χ0) is 26.1. The van der Waals surface area contributed by atoms with Crippen LogP contribution < -0.4 is 9.64 Å². The maximum absolute atomic E-state index is 12.2. The van der Waals surface area contributed by atoms with Gasteiger partial charge in [-0.2, -0.15) is 5.10 Å². The van der Waals surface area contributed by atoms with Crippen LogP contribution in [0.4, 0.5) is 10.7 Å². The Balaban J connectivity index is 1.32. The van der Waals surface area contributed by atoms with Crippen molar-refractivity contribution in [3.05, 3.63) is 58.6 Å². The first-order valence-corrected chi connectivity index (χ1v) is 12.5. The largest absolute Gasteiger partial charge is 0.486 e. The minimum Gasteiger partial charge on any atom is -0.486 e. The fourth-order valence-electron chi connectivity index (χ4n) is 4.35. The molecule has 1 aliphatic heterocycles. The molecule has 1 atom stereocenters. The van der Waals surface area contributed by atoms with Crippen molar-refractivity contribution in [1.29, 1.82) is 0 Å². The van der Waals surface area contributed by atoms with E-state index in [2.05, 4.69) is 30.0 Å². The maximum atomic E-state index is 12.2. The Kier molecular flexibility index (Phi) is 7.03. The first-order valence-electron chi connectivity index (χ1n) is 11.8. The molecule has 1 aromatic carbocycles. The fraction of sp³-hybridized carbons (Fsp3) is 0.320. The summed E-state index contributed by atoms with van der Waals surface area (Å²) in [4.78, 5) is 30.8. The molecule has 0 spiro atoms. The molecule has 0 aliphatic carbocycles. The fourth-order valence-corrected chi connectivity index (χ4v) is 5.02. The summed E-state index contributed by atoms with van der Waals surface area (Å²) in [6.07, 6.45) is 6.25. The number of aromatic nitrogens is 5. The number of benzene rings is 1. The lowest BCUT2D eigenvalue weighted by Crippen LogP contribution is -2.51. The third kappa shape index (κ3) is 5.12. The highest BCUT2D eigenvalue weighted by Crippen LogP contribution is 2.34. The Morgan fingerprint density at radius 1 is 1.05 bits per heavy atom. The number of amides is 2. The summed E-state index contributed by atoms with van der Waals surface area (Å²) in [5.74, 6) is 1.28. The van der Waals surface area contributed by atoms with Crippen LogP contribution in [0.5, 0.6) is 5.75 Å². The number of ether oxygens (including phenoxy) is 1. The number of aromatic amines is 1. The molecule has 1 unspecified atom stereocenters. The molecule has 5 rings (SSSR count). The number of carbonyl (C=O) groups excluding carboxylic acids is 1. The Bertz CT molecular complexity index is 1400. The van der Waals surface area contributed by atoms with Crippen molar-refractivity contribution in [2.75, 3.05) is 45.2 Å². The van der Waals surface area contributed by atoms with Crippen LogP contribution in [0.2, 0.25) is 10.0 Å². The second-order valence-corrected chi connectivity index (χ2v) is 9.79. The Morgan fingerprint density at radius 3 is 2.38 bits per heavy atom. The number of piperazine rings is 1. The summed E-state index contributed by atoms with van der Waals surface area (Å²) in [6.45, 7) is 4.49. The van der Waals surface area contributed by atoms with Gasteiger partial charge in [-0.1, -0.05) is 23.2 Å². The minimum atomic E-state index is -0.382. The molecule has 1 N–H and O–H groups in total. The van der Waals surface area contributed by atoms with E-state index in [1.54, 1.807) is 43.8 Å². The summed E-state index contributed by atoms with van der Waals surface area (Å²) in [6, 6.07) is 5.71. The van der Waals surface area contributed by atoms with Crippen LogP contribution in [0, 0.1) is 0 Å². The van der Waals surface area contributed by atoms with E-state index in [-0.39, 0.29) is 12.1 Å². The summed E-state index contributed by atoms with van der Waals surface area (Å²) >= 11 is 12.6. The number of urea groups is 1. The average Bonchev–Trinajstić information content (AvgIpc) is 3.31. The molecule has 1 fully saturated rings. The highest BCUT2D eigenvalue weighted by atomic mass is 35.5.